The molecule has 5 nitrogen and oxygen atoms in total. The van der Waals surface area contributed by atoms with Crippen molar-refractivity contribution in [3.05, 3.63) is 12.4 Å². The van der Waals surface area contributed by atoms with Crippen molar-refractivity contribution < 1.29 is 9.90 Å². The number of aromatic nitrogens is 2. The van der Waals surface area contributed by atoms with Crippen LogP contribution < -0.4 is 5.32 Å². The number of aliphatic carboxylic acids is 1. The normalized spacial score (nSPS) is 12.4. The van der Waals surface area contributed by atoms with Gasteiger partial charge in [-0.3, -0.25) is 0 Å². The first kappa shape index (κ1) is 8.92. The van der Waals surface area contributed by atoms with Gasteiger partial charge in [0.25, 0.3) is 0 Å². The number of aromatic amines is 1. The molecular weight excluding hydrogens is 178 g/mol. The van der Waals surface area contributed by atoms with E-state index in [0.717, 1.165) is 0 Å². The molecule has 0 amide bonds. The van der Waals surface area contributed by atoms with Gasteiger partial charge in [0.2, 0.25) is 5.95 Å². The fourth-order valence-corrected chi connectivity index (χ4v) is 0.942. The van der Waals surface area contributed by atoms with Gasteiger partial charge in [-0.05, 0) is 0 Å². The standard InChI is InChI=1S/C6H9N3O2S/c10-5(11)4(3-12)9-6-7-1-2-8-6/h1-2,4,12H,3H2,(H,10,11)(H2,7,8,9)/t4-/m0/s1. The van der Waals surface area contributed by atoms with Crippen LogP contribution >= 0.6 is 12.6 Å². The van der Waals surface area contributed by atoms with Crippen molar-refractivity contribution in [1.82, 2.24) is 9.97 Å². The Morgan fingerprint density at radius 1 is 1.92 bits per heavy atom. The van der Waals surface area contributed by atoms with Gasteiger partial charge in [0.05, 0.1) is 0 Å². The molecule has 0 saturated carbocycles. The van der Waals surface area contributed by atoms with Crippen molar-refractivity contribution in [3.63, 3.8) is 0 Å². The highest BCUT2D eigenvalue weighted by atomic mass is 32.1. The fraction of sp³-hybridized carbons (Fsp3) is 0.333. The second kappa shape index (κ2) is 4.01. The Hall–Kier alpha value is -1.17. The van der Waals surface area contributed by atoms with Crippen molar-refractivity contribution in [1.29, 1.82) is 0 Å². The highest BCUT2D eigenvalue weighted by Crippen LogP contribution is 2.00. The van der Waals surface area contributed by atoms with Crippen LogP contribution in [0.15, 0.2) is 12.4 Å². The van der Waals surface area contributed by atoms with E-state index in [9.17, 15) is 4.79 Å². The molecule has 0 saturated heterocycles. The van der Waals surface area contributed by atoms with E-state index >= 15 is 0 Å². The molecule has 1 aromatic rings. The molecule has 1 atom stereocenters. The Bertz CT molecular complexity index is 249. The zero-order valence-electron chi connectivity index (χ0n) is 6.19. The summed E-state index contributed by atoms with van der Waals surface area (Å²) in [6.45, 7) is 0. The summed E-state index contributed by atoms with van der Waals surface area (Å²) in [5.41, 5.74) is 0. The van der Waals surface area contributed by atoms with Crippen LogP contribution in [-0.4, -0.2) is 32.8 Å². The number of rotatable bonds is 4. The average molecular weight is 187 g/mol. The lowest BCUT2D eigenvalue weighted by atomic mass is 10.3. The number of hydrogen-bond donors (Lipinski definition) is 4. The Labute approximate surface area is 74.6 Å². The SMILES string of the molecule is O=C(O)[C@H](CS)Nc1ncc[nH]1. The summed E-state index contributed by atoms with van der Waals surface area (Å²) in [7, 11) is 0. The predicted octanol–water partition coefficient (Wildman–Crippen LogP) is 0.205. The minimum absolute atomic E-state index is 0.218. The Morgan fingerprint density at radius 2 is 2.67 bits per heavy atom. The van der Waals surface area contributed by atoms with E-state index in [0.29, 0.717) is 5.95 Å². The largest absolute Gasteiger partial charge is 0.480 e. The Kier molecular flexibility index (Phi) is 2.98. The monoisotopic (exact) mass is 187 g/mol. The van der Waals surface area contributed by atoms with E-state index in [1.807, 2.05) is 0 Å². The summed E-state index contributed by atoms with van der Waals surface area (Å²) in [6, 6.07) is -0.709. The average Bonchev–Trinajstić information content (AvgIpc) is 2.51. The second-order valence-electron chi connectivity index (χ2n) is 2.16. The summed E-state index contributed by atoms with van der Waals surface area (Å²) in [5, 5.41) is 11.3. The number of H-pyrrole nitrogens is 1. The third-order valence-corrected chi connectivity index (χ3v) is 1.65. The van der Waals surface area contributed by atoms with E-state index in [4.69, 9.17) is 5.11 Å². The highest BCUT2D eigenvalue weighted by molar-refractivity contribution is 7.80. The molecule has 0 bridgehead atoms. The second-order valence-corrected chi connectivity index (χ2v) is 2.52. The number of anilines is 1. The van der Waals surface area contributed by atoms with Crippen LogP contribution in [0.4, 0.5) is 5.95 Å². The minimum atomic E-state index is -0.943. The number of carboxylic acid groups (broad SMARTS) is 1. The fourth-order valence-electron chi connectivity index (χ4n) is 0.695. The lowest BCUT2D eigenvalue weighted by molar-refractivity contribution is -0.137. The molecule has 0 aliphatic heterocycles. The molecule has 0 aromatic carbocycles. The molecule has 0 unspecified atom stereocenters. The van der Waals surface area contributed by atoms with Crippen molar-refractivity contribution in [2.75, 3.05) is 11.1 Å². The first-order valence-corrected chi connectivity index (χ1v) is 3.97. The molecule has 0 spiro atoms. The molecule has 1 aromatic heterocycles. The molecule has 0 aliphatic carbocycles. The van der Waals surface area contributed by atoms with Gasteiger partial charge >= 0.3 is 5.97 Å². The molecule has 1 rings (SSSR count). The van der Waals surface area contributed by atoms with Gasteiger partial charge < -0.3 is 15.4 Å². The lowest BCUT2D eigenvalue weighted by Gasteiger charge is -2.09. The maximum atomic E-state index is 10.5. The molecule has 12 heavy (non-hydrogen) atoms. The first-order chi connectivity index (χ1) is 5.74. The third kappa shape index (κ3) is 2.16. The molecule has 1 heterocycles. The molecular formula is C6H9N3O2S. The van der Waals surface area contributed by atoms with Crippen LogP contribution in [0.3, 0.4) is 0 Å². The van der Waals surface area contributed by atoms with Gasteiger partial charge in [-0.25, -0.2) is 9.78 Å². The molecule has 0 fully saturated rings. The number of imidazole rings is 1. The van der Waals surface area contributed by atoms with Gasteiger partial charge in [-0.2, -0.15) is 12.6 Å². The summed E-state index contributed by atoms with van der Waals surface area (Å²) in [4.78, 5) is 17.1. The number of thiol groups is 1. The van der Waals surface area contributed by atoms with Gasteiger partial charge in [-0.15, -0.1) is 0 Å². The maximum Gasteiger partial charge on any atom is 0.327 e. The zero-order chi connectivity index (χ0) is 8.97. The molecule has 66 valence electrons. The van der Waals surface area contributed by atoms with Crippen molar-refractivity contribution in [2.45, 2.75) is 6.04 Å². The number of nitrogens with one attached hydrogen (secondary N) is 2. The van der Waals surface area contributed by atoms with Gasteiger partial charge in [0, 0.05) is 18.1 Å². The summed E-state index contributed by atoms with van der Waals surface area (Å²) in [5.74, 6) is -0.284. The third-order valence-electron chi connectivity index (χ3n) is 1.29. The number of nitrogens with zero attached hydrogens (tertiary/aromatic N) is 1. The van der Waals surface area contributed by atoms with E-state index < -0.39 is 12.0 Å². The van der Waals surface area contributed by atoms with Crippen LogP contribution in [0.1, 0.15) is 0 Å². The topological polar surface area (TPSA) is 78.0 Å². The molecule has 0 radical (unpaired) electrons. The van der Waals surface area contributed by atoms with Crippen molar-refractivity contribution in [3.8, 4) is 0 Å². The summed E-state index contributed by atoms with van der Waals surface area (Å²) < 4.78 is 0. The predicted molar refractivity (Wildman–Crippen MR) is 47.5 cm³/mol. The van der Waals surface area contributed by atoms with Gasteiger partial charge in [0.15, 0.2) is 0 Å². The van der Waals surface area contributed by atoms with Crippen LogP contribution in [-0.2, 0) is 4.79 Å². The Balaban J connectivity index is 2.54. The first-order valence-electron chi connectivity index (χ1n) is 3.33. The van der Waals surface area contributed by atoms with Crippen LogP contribution in [0.5, 0.6) is 0 Å². The lowest BCUT2D eigenvalue weighted by Crippen LogP contribution is -2.31. The zero-order valence-corrected chi connectivity index (χ0v) is 7.08. The van der Waals surface area contributed by atoms with Gasteiger partial charge in [0.1, 0.15) is 6.04 Å². The van der Waals surface area contributed by atoms with Crippen molar-refractivity contribution in [2.24, 2.45) is 0 Å². The maximum absolute atomic E-state index is 10.5. The van der Waals surface area contributed by atoms with Crippen LogP contribution in [0.25, 0.3) is 0 Å². The molecule has 3 N–H and O–H groups in total. The van der Waals surface area contributed by atoms with E-state index in [1.165, 1.54) is 0 Å². The Morgan fingerprint density at radius 3 is 3.08 bits per heavy atom. The summed E-state index contributed by atoms with van der Waals surface area (Å²) in [6.07, 6.45) is 3.15. The van der Waals surface area contributed by atoms with Gasteiger partial charge in [-0.1, -0.05) is 0 Å². The smallest absolute Gasteiger partial charge is 0.327 e. The minimum Gasteiger partial charge on any atom is -0.480 e. The number of hydrogen-bond acceptors (Lipinski definition) is 4. The summed E-state index contributed by atoms with van der Waals surface area (Å²) >= 11 is 3.88. The highest BCUT2D eigenvalue weighted by Gasteiger charge is 2.15. The van der Waals surface area contributed by atoms with E-state index in [2.05, 4.69) is 27.9 Å². The quantitative estimate of drug-likeness (QED) is 0.508. The van der Waals surface area contributed by atoms with Crippen molar-refractivity contribution >= 4 is 24.5 Å². The van der Waals surface area contributed by atoms with Crippen LogP contribution in [0.2, 0.25) is 0 Å². The van der Waals surface area contributed by atoms with E-state index in [-0.39, 0.29) is 5.75 Å². The number of carbonyl (C=O) groups is 1. The molecule has 6 heteroatoms. The van der Waals surface area contributed by atoms with Crippen LogP contribution in [0, 0.1) is 0 Å². The molecule has 0 aliphatic rings. The van der Waals surface area contributed by atoms with E-state index in [1.54, 1.807) is 12.4 Å². The number of carboxylic acids is 1.